The molecule has 8 nitrogen and oxygen atoms in total. The number of halogens is 1. The van der Waals surface area contributed by atoms with Gasteiger partial charge < -0.3 is 21.1 Å². The third-order valence-electron chi connectivity index (χ3n) is 5.27. The summed E-state index contributed by atoms with van der Waals surface area (Å²) in [6.07, 6.45) is 2.16. The molecule has 0 saturated carbocycles. The molecule has 2 aliphatic rings. The van der Waals surface area contributed by atoms with Crippen LogP contribution in [0.15, 0.2) is 24.4 Å². The zero-order valence-electron chi connectivity index (χ0n) is 15.4. The van der Waals surface area contributed by atoms with E-state index in [0.29, 0.717) is 29.2 Å². The maximum absolute atomic E-state index is 14.2. The van der Waals surface area contributed by atoms with Gasteiger partial charge in [-0.3, -0.25) is 4.79 Å². The van der Waals surface area contributed by atoms with Gasteiger partial charge in [0.25, 0.3) is 5.91 Å². The maximum Gasteiger partial charge on any atom is 0.259 e. The second-order valence-corrected chi connectivity index (χ2v) is 7.60. The molecular formula is C19H19FN6O2. The van der Waals surface area contributed by atoms with Crippen LogP contribution in [0.1, 0.15) is 41.4 Å². The van der Waals surface area contributed by atoms with Crippen LogP contribution < -0.4 is 21.1 Å². The molecule has 0 fully saturated rings. The predicted octanol–water partition coefficient (Wildman–Crippen LogP) is 2.06. The van der Waals surface area contributed by atoms with Crippen LogP contribution in [0.2, 0.25) is 0 Å². The monoisotopic (exact) mass is 382 g/mol. The highest BCUT2D eigenvalue weighted by Crippen LogP contribution is 2.41. The first-order valence-electron chi connectivity index (χ1n) is 9.04. The van der Waals surface area contributed by atoms with Crippen LogP contribution in [0.25, 0.3) is 5.65 Å². The summed E-state index contributed by atoms with van der Waals surface area (Å²) in [5, 5.41) is 10.3. The maximum atomic E-state index is 14.2. The van der Waals surface area contributed by atoms with E-state index in [1.54, 1.807) is 12.3 Å². The summed E-state index contributed by atoms with van der Waals surface area (Å²) in [4.78, 5) is 17.3. The van der Waals surface area contributed by atoms with Crippen molar-refractivity contribution in [2.75, 3.05) is 17.6 Å². The van der Waals surface area contributed by atoms with Gasteiger partial charge in [-0.2, -0.15) is 0 Å². The normalized spacial score (nSPS) is 23.4. The number of carbonyl (C=O) groups is 1. The molecule has 2 aliphatic heterocycles. The highest BCUT2D eigenvalue weighted by atomic mass is 19.1. The first kappa shape index (κ1) is 16.8. The zero-order chi connectivity index (χ0) is 19.6. The summed E-state index contributed by atoms with van der Waals surface area (Å²) in [7, 11) is 0. The van der Waals surface area contributed by atoms with E-state index in [1.807, 2.05) is 13.8 Å². The second kappa shape index (κ2) is 5.57. The Labute approximate surface area is 159 Å². The third-order valence-corrected chi connectivity index (χ3v) is 5.27. The Morgan fingerprint density at radius 3 is 3.07 bits per heavy atom. The number of carbonyl (C=O) groups excluding carboxylic acids is 1. The Kier molecular flexibility index (Phi) is 3.34. The molecule has 144 valence electrons. The smallest absolute Gasteiger partial charge is 0.259 e. The number of hydrogen-bond donors (Lipinski definition) is 3. The molecule has 4 bridgehead atoms. The molecule has 4 N–H and O–H groups in total. The Bertz CT molecular complexity index is 1140. The van der Waals surface area contributed by atoms with Crippen LogP contribution in [-0.4, -0.2) is 32.7 Å². The SMILES string of the molecule is C[C@H]1Nc2ccn3nc(N)c(c3n2)C(=O)NC[C@@]2(C)Cc3cc(F)cc1c3O2. The fourth-order valence-corrected chi connectivity index (χ4v) is 3.93. The topological polar surface area (TPSA) is 107 Å². The lowest BCUT2D eigenvalue weighted by molar-refractivity contribution is 0.0840. The molecule has 0 spiro atoms. The van der Waals surface area contributed by atoms with Crippen molar-refractivity contribution in [2.45, 2.75) is 31.9 Å². The Morgan fingerprint density at radius 2 is 2.25 bits per heavy atom. The number of ether oxygens (including phenoxy) is 1. The average molecular weight is 382 g/mol. The van der Waals surface area contributed by atoms with Gasteiger partial charge in [0.2, 0.25) is 0 Å². The van der Waals surface area contributed by atoms with E-state index in [-0.39, 0.29) is 35.7 Å². The lowest BCUT2D eigenvalue weighted by atomic mass is 9.96. The standard InChI is InChI=1S/C19H19FN6O2/c1-9-12-6-11(20)5-10-7-19(2,28-15(10)12)8-22-18(27)14-16(21)25-26-4-3-13(23-9)24-17(14)26/h3-6,9H,7-8H2,1-2H3,(H2,21,25)(H,22,27)(H,23,24)/t9-,19-/m1/s1. The number of benzene rings is 1. The Hall–Kier alpha value is -3.36. The van der Waals surface area contributed by atoms with Crippen LogP contribution in [0, 0.1) is 5.82 Å². The second-order valence-electron chi connectivity index (χ2n) is 7.60. The van der Waals surface area contributed by atoms with E-state index < -0.39 is 5.60 Å². The number of nitrogens with zero attached hydrogens (tertiary/aromatic N) is 3. The fourth-order valence-electron chi connectivity index (χ4n) is 3.93. The molecule has 2 atom stereocenters. The van der Waals surface area contributed by atoms with Crippen molar-refractivity contribution in [3.8, 4) is 5.75 Å². The molecule has 3 aromatic rings. The van der Waals surface area contributed by atoms with Crippen molar-refractivity contribution in [1.29, 1.82) is 0 Å². The molecule has 0 saturated heterocycles. The van der Waals surface area contributed by atoms with Crippen LogP contribution in [0.3, 0.4) is 0 Å². The van der Waals surface area contributed by atoms with Crippen molar-refractivity contribution >= 4 is 23.2 Å². The summed E-state index contributed by atoms with van der Waals surface area (Å²) >= 11 is 0. The number of hydrogen-bond acceptors (Lipinski definition) is 6. The van der Waals surface area contributed by atoms with Gasteiger partial charge in [0.05, 0.1) is 12.6 Å². The third kappa shape index (κ3) is 2.46. The van der Waals surface area contributed by atoms with Crippen LogP contribution in [0.4, 0.5) is 16.0 Å². The Balaban J connectivity index is 1.69. The predicted molar refractivity (Wildman–Crippen MR) is 101 cm³/mol. The van der Waals surface area contributed by atoms with Gasteiger partial charge in [0, 0.05) is 23.7 Å². The molecule has 1 aromatic carbocycles. The van der Waals surface area contributed by atoms with Crippen molar-refractivity contribution in [2.24, 2.45) is 0 Å². The van der Waals surface area contributed by atoms with Gasteiger partial charge in [-0.1, -0.05) is 0 Å². The average Bonchev–Trinajstić information content (AvgIpc) is 3.14. The van der Waals surface area contributed by atoms with E-state index in [1.165, 1.54) is 16.6 Å². The minimum absolute atomic E-state index is 0.105. The minimum atomic E-state index is -0.693. The molecule has 2 aromatic heterocycles. The fraction of sp³-hybridized carbons (Fsp3) is 0.316. The van der Waals surface area contributed by atoms with Crippen LogP contribution in [-0.2, 0) is 6.42 Å². The first-order valence-corrected chi connectivity index (χ1v) is 9.04. The molecule has 1 amide bonds. The van der Waals surface area contributed by atoms with E-state index in [9.17, 15) is 9.18 Å². The summed E-state index contributed by atoms with van der Waals surface area (Å²) in [6, 6.07) is 4.42. The van der Waals surface area contributed by atoms with Gasteiger partial charge in [-0.15, -0.1) is 5.10 Å². The van der Waals surface area contributed by atoms with Gasteiger partial charge in [0.15, 0.2) is 11.5 Å². The number of nitrogens with one attached hydrogen (secondary N) is 2. The van der Waals surface area contributed by atoms with E-state index in [0.717, 1.165) is 5.56 Å². The lowest BCUT2D eigenvalue weighted by Crippen LogP contribution is -2.44. The molecule has 4 heterocycles. The number of anilines is 2. The van der Waals surface area contributed by atoms with Gasteiger partial charge in [-0.05, 0) is 32.0 Å². The van der Waals surface area contributed by atoms with Crippen molar-refractivity contribution in [3.05, 3.63) is 46.9 Å². The summed E-state index contributed by atoms with van der Waals surface area (Å²) in [5.74, 6) is 0.582. The van der Waals surface area contributed by atoms with Crippen molar-refractivity contribution < 1.29 is 13.9 Å². The quantitative estimate of drug-likeness (QED) is 0.550. The van der Waals surface area contributed by atoms with E-state index in [4.69, 9.17) is 10.5 Å². The van der Waals surface area contributed by atoms with Crippen molar-refractivity contribution in [3.63, 3.8) is 0 Å². The summed E-state index contributed by atoms with van der Waals surface area (Å²) in [6.45, 7) is 4.04. The number of aromatic nitrogens is 3. The first-order chi connectivity index (χ1) is 13.3. The minimum Gasteiger partial charge on any atom is -0.485 e. The lowest BCUT2D eigenvalue weighted by Gasteiger charge is -2.25. The van der Waals surface area contributed by atoms with Gasteiger partial charge >= 0.3 is 0 Å². The van der Waals surface area contributed by atoms with E-state index >= 15 is 0 Å². The Morgan fingerprint density at radius 1 is 1.43 bits per heavy atom. The number of fused-ring (bicyclic) bond motifs is 2. The van der Waals surface area contributed by atoms with Crippen LogP contribution >= 0.6 is 0 Å². The largest absolute Gasteiger partial charge is 0.485 e. The zero-order valence-corrected chi connectivity index (χ0v) is 15.4. The van der Waals surface area contributed by atoms with Gasteiger partial charge in [0.1, 0.15) is 28.5 Å². The molecule has 0 aliphatic carbocycles. The summed E-state index contributed by atoms with van der Waals surface area (Å²) < 4.78 is 21.9. The summed E-state index contributed by atoms with van der Waals surface area (Å²) in [5.41, 5.74) is 7.34. The van der Waals surface area contributed by atoms with Crippen molar-refractivity contribution in [1.82, 2.24) is 19.9 Å². The number of nitrogen functional groups attached to an aromatic ring is 1. The number of nitrogens with two attached hydrogens (primary N) is 1. The molecule has 5 rings (SSSR count). The highest BCUT2D eigenvalue weighted by molar-refractivity contribution is 6.04. The number of rotatable bonds is 0. The molecule has 0 radical (unpaired) electrons. The molecular weight excluding hydrogens is 363 g/mol. The number of amides is 1. The van der Waals surface area contributed by atoms with E-state index in [2.05, 4.69) is 20.7 Å². The highest BCUT2D eigenvalue weighted by Gasteiger charge is 2.38. The molecule has 0 unspecified atom stereocenters. The van der Waals surface area contributed by atoms with Gasteiger partial charge in [-0.25, -0.2) is 13.9 Å². The molecule has 9 heteroatoms. The molecule has 28 heavy (non-hydrogen) atoms. The van der Waals surface area contributed by atoms with Crippen LogP contribution in [0.5, 0.6) is 5.75 Å².